The van der Waals surface area contributed by atoms with Crippen LogP contribution in [0.3, 0.4) is 0 Å². The van der Waals surface area contributed by atoms with Crippen molar-refractivity contribution >= 4 is 11.8 Å². The number of hydrogen-bond acceptors (Lipinski definition) is 6. The largest absolute Gasteiger partial charge is 0.355 e. The zero-order chi connectivity index (χ0) is 12.7. The van der Waals surface area contributed by atoms with E-state index in [9.17, 15) is 0 Å². The lowest BCUT2D eigenvalue weighted by molar-refractivity contribution is 0.412. The molecular formula is C11H22N6. The zero-order valence-corrected chi connectivity index (χ0v) is 10.8. The van der Waals surface area contributed by atoms with Crippen molar-refractivity contribution in [3.63, 3.8) is 0 Å². The van der Waals surface area contributed by atoms with Gasteiger partial charge in [0.2, 0.25) is 5.95 Å². The van der Waals surface area contributed by atoms with Crippen molar-refractivity contribution in [1.82, 2.24) is 14.9 Å². The summed E-state index contributed by atoms with van der Waals surface area (Å²) in [5.74, 6) is 6.68. The van der Waals surface area contributed by atoms with E-state index in [0.29, 0.717) is 5.95 Å². The van der Waals surface area contributed by atoms with Gasteiger partial charge >= 0.3 is 0 Å². The third kappa shape index (κ3) is 4.54. The van der Waals surface area contributed by atoms with Crippen LogP contribution in [-0.2, 0) is 0 Å². The number of anilines is 2. The molecule has 1 aromatic heterocycles. The minimum absolute atomic E-state index is 0.452. The highest BCUT2D eigenvalue weighted by Crippen LogP contribution is 2.11. The first-order chi connectivity index (χ1) is 8.17. The van der Waals surface area contributed by atoms with Crippen molar-refractivity contribution in [3.05, 3.63) is 12.3 Å². The molecule has 1 rings (SSSR count). The quantitative estimate of drug-likeness (QED) is 0.534. The molecule has 6 nitrogen and oxygen atoms in total. The van der Waals surface area contributed by atoms with E-state index in [1.54, 1.807) is 6.20 Å². The summed E-state index contributed by atoms with van der Waals surface area (Å²) >= 11 is 0. The number of nitrogens with zero attached hydrogens (tertiary/aromatic N) is 4. The summed E-state index contributed by atoms with van der Waals surface area (Å²) in [5.41, 5.74) is 2.47. The molecule has 0 aliphatic rings. The Morgan fingerprint density at radius 3 is 2.65 bits per heavy atom. The molecule has 0 radical (unpaired) electrons. The number of nitrogen functional groups attached to an aromatic ring is 1. The summed E-state index contributed by atoms with van der Waals surface area (Å²) in [7, 11) is 4.13. The predicted octanol–water partition coefficient (Wildman–Crippen LogP) is 0.540. The second-order valence-electron chi connectivity index (χ2n) is 4.17. The maximum atomic E-state index is 5.31. The van der Waals surface area contributed by atoms with Gasteiger partial charge in [0.1, 0.15) is 5.82 Å². The molecule has 0 spiro atoms. The highest BCUT2D eigenvalue weighted by atomic mass is 15.3. The molecule has 1 heterocycles. The Hall–Kier alpha value is -1.40. The Morgan fingerprint density at radius 1 is 1.29 bits per heavy atom. The number of nitrogens with two attached hydrogens (primary N) is 1. The van der Waals surface area contributed by atoms with Gasteiger partial charge in [0.25, 0.3) is 0 Å². The van der Waals surface area contributed by atoms with Gasteiger partial charge in [-0.05, 0) is 26.6 Å². The van der Waals surface area contributed by atoms with Gasteiger partial charge < -0.3 is 9.80 Å². The van der Waals surface area contributed by atoms with Gasteiger partial charge in [0.05, 0.1) is 0 Å². The van der Waals surface area contributed by atoms with E-state index >= 15 is 0 Å². The van der Waals surface area contributed by atoms with Crippen molar-refractivity contribution < 1.29 is 0 Å². The monoisotopic (exact) mass is 238 g/mol. The molecule has 0 unspecified atom stereocenters. The maximum Gasteiger partial charge on any atom is 0.239 e. The molecule has 0 fully saturated rings. The number of nitrogens with one attached hydrogen (secondary N) is 1. The molecule has 17 heavy (non-hydrogen) atoms. The van der Waals surface area contributed by atoms with Crippen LogP contribution in [0.15, 0.2) is 12.3 Å². The van der Waals surface area contributed by atoms with E-state index in [4.69, 9.17) is 5.84 Å². The van der Waals surface area contributed by atoms with Crippen LogP contribution in [-0.4, -0.2) is 48.6 Å². The maximum absolute atomic E-state index is 5.31. The van der Waals surface area contributed by atoms with Crippen molar-refractivity contribution in [2.24, 2.45) is 5.84 Å². The van der Waals surface area contributed by atoms with Gasteiger partial charge in [-0.15, -0.1) is 0 Å². The molecule has 96 valence electrons. The van der Waals surface area contributed by atoms with Crippen molar-refractivity contribution in [3.8, 4) is 0 Å². The molecule has 0 aromatic carbocycles. The Bertz CT molecular complexity index is 327. The van der Waals surface area contributed by atoms with Crippen molar-refractivity contribution in [2.45, 2.75) is 13.3 Å². The topological polar surface area (TPSA) is 70.3 Å². The molecule has 0 saturated heterocycles. The summed E-state index contributed by atoms with van der Waals surface area (Å²) in [4.78, 5) is 12.8. The van der Waals surface area contributed by atoms with Gasteiger partial charge in [-0.25, -0.2) is 10.8 Å². The summed E-state index contributed by atoms with van der Waals surface area (Å²) in [6, 6.07) is 1.91. The lowest BCUT2D eigenvalue weighted by Gasteiger charge is -2.24. The first-order valence-corrected chi connectivity index (χ1v) is 5.86. The van der Waals surface area contributed by atoms with Gasteiger partial charge in [-0.3, -0.25) is 5.43 Å². The lowest BCUT2D eigenvalue weighted by Crippen LogP contribution is -2.33. The second-order valence-corrected chi connectivity index (χ2v) is 4.17. The fourth-order valence-electron chi connectivity index (χ4n) is 1.53. The first kappa shape index (κ1) is 13.7. The average molecular weight is 238 g/mol. The minimum atomic E-state index is 0.452. The molecule has 0 aliphatic carbocycles. The number of rotatable bonds is 7. The number of aromatic nitrogens is 2. The van der Waals surface area contributed by atoms with E-state index < -0.39 is 0 Å². The van der Waals surface area contributed by atoms with E-state index in [1.165, 1.54) is 0 Å². The van der Waals surface area contributed by atoms with Crippen LogP contribution in [0.5, 0.6) is 0 Å². The van der Waals surface area contributed by atoms with Crippen LogP contribution >= 0.6 is 0 Å². The Labute approximate surface area is 103 Å². The lowest BCUT2D eigenvalue weighted by atomic mass is 10.3. The second kappa shape index (κ2) is 7.03. The van der Waals surface area contributed by atoms with Gasteiger partial charge in [0, 0.05) is 25.8 Å². The molecular weight excluding hydrogens is 216 g/mol. The van der Waals surface area contributed by atoms with Crippen LogP contribution in [0.4, 0.5) is 11.8 Å². The molecule has 6 heteroatoms. The van der Waals surface area contributed by atoms with Gasteiger partial charge in [-0.2, -0.15) is 4.98 Å². The normalized spacial score (nSPS) is 10.6. The number of likely N-dealkylation sites (N-methyl/N-ethyl adjacent to an activating group) is 1. The molecule has 0 atom stereocenters. The fourth-order valence-corrected chi connectivity index (χ4v) is 1.53. The third-order valence-electron chi connectivity index (χ3n) is 2.40. The van der Waals surface area contributed by atoms with Crippen molar-refractivity contribution in [1.29, 1.82) is 0 Å². The fraction of sp³-hybridized carbons (Fsp3) is 0.636. The third-order valence-corrected chi connectivity index (χ3v) is 2.40. The molecule has 0 saturated carbocycles. The van der Waals surface area contributed by atoms with Crippen LogP contribution in [0, 0.1) is 0 Å². The average Bonchev–Trinajstić information content (AvgIpc) is 2.34. The van der Waals surface area contributed by atoms with E-state index in [1.807, 2.05) is 6.07 Å². The molecule has 0 aliphatic heterocycles. The molecule has 1 aromatic rings. The predicted molar refractivity (Wildman–Crippen MR) is 70.9 cm³/mol. The number of hydrazine groups is 1. The zero-order valence-electron chi connectivity index (χ0n) is 10.8. The summed E-state index contributed by atoms with van der Waals surface area (Å²) < 4.78 is 0. The standard InChI is InChI=1S/C11H22N6/c1-4-7-17(9-8-16(2)3)10-5-6-13-11(14-10)15-12/h5-6H,4,7-9,12H2,1-3H3,(H,13,14,15). The Kier molecular flexibility index (Phi) is 5.65. The van der Waals surface area contributed by atoms with E-state index in [0.717, 1.165) is 31.9 Å². The SMILES string of the molecule is CCCN(CCN(C)C)c1ccnc(NN)n1. The Morgan fingerprint density at radius 2 is 2.06 bits per heavy atom. The molecule has 0 amide bonds. The van der Waals surface area contributed by atoms with Gasteiger partial charge in [0.15, 0.2) is 0 Å². The summed E-state index contributed by atoms with van der Waals surface area (Å²) in [6.45, 7) is 5.08. The van der Waals surface area contributed by atoms with E-state index in [-0.39, 0.29) is 0 Å². The van der Waals surface area contributed by atoms with Crippen LogP contribution in [0.2, 0.25) is 0 Å². The van der Waals surface area contributed by atoms with Crippen molar-refractivity contribution in [2.75, 3.05) is 44.1 Å². The number of hydrogen-bond donors (Lipinski definition) is 2. The molecule has 3 N–H and O–H groups in total. The summed E-state index contributed by atoms with van der Waals surface area (Å²) in [6.07, 6.45) is 2.80. The highest BCUT2D eigenvalue weighted by Gasteiger charge is 2.08. The van der Waals surface area contributed by atoms with Crippen LogP contribution < -0.4 is 16.2 Å². The van der Waals surface area contributed by atoms with E-state index in [2.05, 4.69) is 46.2 Å². The first-order valence-electron chi connectivity index (χ1n) is 5.86. The molecule has 0 bridgehead atoms. The smallest absolute Gasteiger partial charge is 0.239 e. The minimum Gasteiger partial charge on any atom is -0.355 e. The Balaban J connectivity index is 2.73. The summed E-state index contributed by atoms with van der Waals surface area (Å²) in [5, 5.41) is 0. The van der Waals surface area contributed by atoms with Crippen LogP contribution in [0.1, 0.15) is 13.3 Å². The van der Waals surface area contributed by atoms with Gasteiger partial charge in [-0.1, -0.05) is 6.92 Å². The van der Waals surface area contributed by atoms with Crippen LogP contribution in [0.25, 0.3) is 0 Å². The highest BCUT2D eigenvalue weighted by molar-refractivity contribution is 5.41.